The van der Waals surface area contributed by atoms with Gasteiger partial charge in [0.05, 0.1) is 5.56 Å². The number of benzene rings is 1. The summed E-state index contributed by atoms with van der Waals surface area (Å²) in [6.07, 6.45) is 4.12. The van der Waals surface area contributed by atoms with Crippen molar-refractivity contribution in [2.45, 2.75) is 25.6 Å². The van der Waals surface area contributed by atoms with Gasteiger partial charge < -0.3 is 15.0 Å². The van der Waals surface area contributed by atoms with Crippen LogP contribution in [0.25, 0.3) is 0 Å². The zero-order valence-electron chi connectivity index (χ0n) is 15.5. The highest BCUT2D eigenvalue weighted by molar-refractivity contribution is 5.98. The lowest BCUT2D eigenvalue weighted by Gasteiger charge is -2.20. The topological polar surface area (TPSA) is 67.3 Å². The number of nitrogens with zero attached hydrogens (tertiary/aromatic N) is 3. The molecule has 1 N–H and O–H groups in total. The van der Waals surface area contributed by atoms with Crippen molar-refractivity contribution in [2.24, 2.45) is 0 Å². The minimum absolute atomic E-state index is 0.0128. The monoisotopic (exact) mass is 404 g/mol. The van der Waals surface area contributed by atoms with Gasteiger partial charge in [-0.25, -0.2) is 4.98 Å². The zero-order valence-corrected chi connectivity index (χ0v) is 15.5. The highest BCUT2D eigenvalue weighted by Gasteiger charge is 2.30. The van der Waals surface area contributed by atoms with Crippen LogP contribution >= 0.6 is 0 Å². The fourth-order valence-corrected chi connectivity index (χ4v) is 2.95. The third kappa shape index (κ3) is 5.16. The van der Waals surface area contributed by atoms with E-state index in [4.69, 9.17) is 11.2 Å². The highest BCUT2D eigenvalue weighted by Crippen LogP contribution is 2.29. The zero-order chi connectivity index (χ0) is 20.9. The first-order valence-electron chi connectivity index (χ1n) is 9.01. The molecular formula is C20H19F3N4O2. The van der Waals surface area contributed by atoms with Crippen molar-refractivity contribution in [3.63, 3.8) is 0 Å². The third-order valence-electron chi connectivity index (χ3n) is 4.42. The fraction of sp³-hybridized carbons (Fsp3) is 0.350. The second-order valence-corrected chi connectivity index (χ2v) is 6.45. The predicted octanol–water partition coefficient (Wildman–Crippen LogP) is 3.04. The second-order valence-electron chi connectivity index (χ2n) is 6.45. The van der Waals surface area contributed by atoms with Crippen molar-refractivity contribution in [3.8, 4) is 18.4 Å². The average molecular weight is 404 g/mol. The van der Waals surface area contributed by atoms with E-state index in [1.54, 1.807) is 0 Å². The Kier molecular flexibility index (Phi) is 6.22. The molecule has 1 aromatic heterocycles. The van der Waals surface area contributed by atoms with Gasteiger partial charge in [0.1, 0.15) is 11.4 Å². The smallest absolute Gasteiger partial charge is 0.416 e. The highest BCUT2D eigenvalue weighted by atomic mass is 19.4. The van der Waals surface area contributed by atoms with Gasteiger partial charge >= 0.3 is 12.2 Å². The van der Waals surface area contributed by atoms with E-state index in [0.717, 1.165) is 38.1 Å². The molecule has 3 rings (SSSR count). The number of carbonyl (C=O) groups is 1. The molecule has 0 spiro atoms. The number of ether oxygens (including phenoxy) is 1. The van der Waals surface area contributed by atoms with Crippen LogP contribution in [0.4, 0.5) is 19.0 Å². The second kappa shape index (κ2) is 8.82. The summed E-state index contributed by atoms with van der Waals surface area (Å²) in [6.45, 7) is 1.60. The molecule has 1 aromatic carbocycles. The lowest BCUT2D eigenvalue weighted by molar-refractivity contribution is -0.137. The fourth-order valence-electron chi connectivity index (χ4n) is 2.95. The van der Waals surface area contributed by atoms with Crippen LogP contribution in [0.2, 0.25) is 0 Å². The summed E-state index contributed by atoms with van der Waals surface area (Å²) in [5.74, 6) is 2.36. The predicted molar refractivity (Wildman–Crippen MR) is 100 cm³/mol. The molecular weight excluding hydrogens is 385 g/mol. The van der Waals surface area contributed by atoms with Crippen LogP contribution in [0.3, 0.4) is 0 Å². The molecule has 0 radical (unpaired) electrons. The molecule has 1 aliphatic heterocycles. The summed E-state index contributed by atoms with van der Waals surface area (Å²) in [5.41, 5.74) is 0.0793. The molecule has 152 valence electrons. The summed E-state index contributed by atoms with van der Waals surface area (Å²) in [5, 5.41) is 2.70. The Balaban J connectivity index is 1.73. The van der Waals surface area contributed by atoms with E-state index in [1.165, 1.54) is 18.3 Å². The van der Waals surface area contributed by atoms with Gasteiger partial charge in [-0.15, -0.1) is 6.42 Å². The number of hydrogen-bond donors (Lipinski definition) is 1. The van der Waals surface area contributed by atoms with E-state index in [2.05, 4.69) is 21.2 Å². The summed E-state index contributed by atoms with van der Waals surface area (Å²) in [6, 6.07) is 4.72. The Morgan fingerprint density at radius 1 is 1.24 bits per heavy atom. The molecule has 0 saturated carbocycles. The molecule has 9 heteroatoms. The van der Waals surface area contributed by atoms with E-state index in [1.807, 2.05) is 4.90 Å². The van der Waals surface area contributed by atoms with Gasteiger partial charge in [-0.05, 0) is 30.5 Å². The molecule has 0 unspecified atom stereocenters. The van der Waals surface area contributed by atoms with E-state index < -0.39 is 17.6 Å². The maximum absolute atomic E-state index is 12.7. The summed E-state index contributed by atoms with van der Waals surface area (Å²) in [7, 11) is 0. The molecule has 0 atom stereocenters. The largest absolute Gasteiger partial charge is 0.450 e. The standard InChI is InChI=1S/C20H19F3N4O2/c1-2-11-29-19-25-13-16(17(26-19)27-9-3-4-10-27)18(28)24-12-14-5-7-15(8-6-14)20(21,22)23/h1,5-8,13H,3-4,9-12H2,(H,24,28). The molecule has 1 amide bonds. The van der Waals surface area contributed by atoms with Crippen LogP contribution in [0.5, 0.6) is 6.01 Å². The summed E-state index contributed by atoms with van der Waals surface area (Å²) in [4.78, 5) is 23.0. The number of nitrogens with one attached hydrogen (secondary N) is 1. The van der Waals surface area contributed by atoms with Gasteiger partial charge in [-0.1, -0.05) is 18.1 Å². The number of terminal acetylenes is 1. The van der Waals surface area contributed by atoms with Crippen molar-refractivity contribution < 1.29 is 22.7 Å². The van der Waals surface area contributed by atoms with Gasteiger partial charge in [0.25, 0.3) is 5.91 Å². The van der Waals surface area contributed by atoms with E-state index >= 15 is 0 Å². The van der Waals surface area contributed by atoms with Crippen molar-refractivity contribution >= 4 is 11.7 Å². The molecule has 2 aromatic rings. The SMILES string of the molecule is C#CCOc1ncc(C(=O)NCc2ccc(C(F)(F)F)cc2)c(N2CCCC2)n1. The minimum atomic E-state index is -4.40. The number of rotatable bonds is 6. The van der Waals surface area contributed by atoms with Crippen LogP contribution in [0.1, 0.15) is 34.3 Å². The van der Waals surface area contributed by atoms with Crippen LogP contribution in [-0.4, -0.2) is 35.6 Å². The number of aromatic nitrogens is 2. The number of carbonyl (C=O) groups excluding carboxylic acids is 1. The Hall–Kier alpha value is -3.28. The van der Waals surface area contributed by atoms with Crippen LogP contribution in [0.15, 0.2) is 30.5 Å². The molecule has 1 saturated heterocycles. The number of halogens is 3. The van der Waals surface area contributed by atoms with Crippen LogP contribution < -0.4 is 15.0 Å². The summed E-state index contributed by atoms with van der Waals surface area (Å²) >= 11 is 0. The van der Waals surface area contributed by atoms with Crippen LogP contribution in [0, 0.1) is 12.3 Å². The first-order valence-corrected chi connectivity index (χ1v) is 9.01. The van der Waals surface area contributed by atoms with Gasteiger partial charge in [0.2, 0.25) is 0 Å². The van der Waals surface area contributed by atoms with Crippen molar-refractivity contribution in [1.29, 1.82) is 0 Å². The average Bonchev–Trinajstić information content (AvgIpc) is 3.24. The first-order chi connectivity index (χ1) is 13.9. The number of amides is 1. The van der Waals surface area contributed by atoms with Crippen molar-refractivity contribution in [2.75, 3.05) is 24.6 Å². The number of anilines is 1. The molecule has 29 heavy (non-hydrogen) atoms. The Morgan fingerprint density at radius 3 is 2.55 bits per heavy atom. The first kappa shape index (κ1) is 20.5. The maximum Gasteiger partial charge on any atom is 0.416 e. The third-order valence-corrected chi connectivity index (χ3v) is 4.42. The van der Waals surface area contributed by atoms with E-state index in [9.17, 15) is 18.0 Å². The number of alkyl halides is 3. The minimum Gasteiger partial charge on any atom is -0.450 e. The van der Waals surface area contributed by atoms with Crippen LogP contribution in [-0.2, 0) is 12.7 Å². The normalized spacial score (nSPS) is 13.8. The number of hydrogen-bond acceptors (Lipinski definition) is 5. The lowest BCUT2D eigenvalue weighted by Crippen LogP contribution is -2.28. The lowest BCUT2D eigenvalue weighted by atomic mass is 10.1. The van der Waals surface area contributed by atoms with E-state index in [-0.39, 0.29) is 24.7 Å². The van der Waals surface area contributed by atoms with Gasteiger partial charge in [0, 0.05) is 25.8 Å². The Morgan fingerprint density at radius 2 is 1.93 bits per heavy atom. The molecule has 0 aliphatic carbocycles. The maximum atomic E-state index is 12.7. The molecule has 1 aliphatic rings. The molecule has 0 bridgehead atoms. The Bertz CT molecular complexity index is 901. The van der Waals surface area contributed by atoms with Gasteiger partial charge in [-0.2, -0.15) is 18.2 Å². The van der Waals surface area contributed by atoms with Gasteiger partial charge in [-0.3, -0.25) is 4.79 Å². The molecule has 6 nitrogen and oxygen atoms in total. The van der Waals surface area contributed by atoms with E-state index in [0.29, 0.717) is 11.4 Å². The molecule has 2 heterocycles. The van der Waals surface area contributed by atoms with Gasteiger partial charge in [0.15, 0.2) is 6.61 Å². The van der Waals surface area contributed by atoms with Crippen molar-refractivity contribution in [1.82, 2.24) is 15.3 Å². The Labute approximate surface area is 166 Å². The van der Waals surface area contributed by atoms with Crippen molar-refractivity contribution in [3.05, 3.63) is 47.2 Å². The summed E-state index contributed by atoms with van der Waals surface area (Å²) < 4.78 is 43.2. The molecule has 1 fully saturated rings. The quantitative estimate of drug-likeness (QED) is 0.750.